The molecule has 0 unspecified atom stereocenters. The van der Waals surface area contributed by atoms with Crippen molar-refractivity contribution in [2.24, 2.45) is 0 Å². The van der Waals surface area contributed by atoms with Gasteiger partial charge in [0.1, 0.15) is 29.4 Å². The van der Waals surface area contributed by atoms with Crippen molar-refractivity contribution >= 4 is 21.6 Å². The average molecular weight is 449 g/mol. The summed E-state index contributed by atoms with van der Waals surface area (Å²) in [7, 11) is -0.635. The number of hydrogen-bond acceptors (Lipinski definition) is 6. The van der Waals surface area contributed by atoms with Gasteiger partial charge in [-0.25, -0.2) is 8.42 Å². The van der Waals surface area contributed by atoms with Crippen LogP contribution in [0.4, 0.5) is 5.69 Å². The Morgan fingerprint density at radius 1 is 1.16 bits per heavy atom. The minimum absolute atomic E-state index is 0.353. The van der Waals surface area contributed by atoms with Crippen molar-refractivity contribution in [2.45, 2.75) is 31.9 Å². The van der Waals surface area contributed by atoms with E-state index in [4.69, 9.17) is 14.2 Å². The van der Waals surface area contributed by atoms with E-state index in [9.17, 15) is 13.2 Å². The average Bonchev–Trinajstić information content (AvgIpc) is 2.70. The summed E-state index contributed by atoms with van der Waals surface area (Å²) in [6.45, 7) is 3.53. The molecule has 0 aromatic heterocycles. The van der Waals surface area contributed by atoms with Crippen LogP contribution in [0.25, 0.3) is 0 Å². The van der Waals surface area contributed by atoms with Gasteiger partial charge in [-0.05, 0) is 44.2 Å². The second-order valence-corrected chi connectivity index (χ2v) is 9.97. The van der Waals surface area contributed by atoms with Crippen molar-refractivity contribution in [3.05, 3.63) is 48.0 Å². The number of anilines is 1. The molecule has 0 radical (unpaired) electrons. The Balaban J connectivity index is 1.86. The summed E-state index contributed by atoms with van der Waals surface area (Å²) in [6.07, 6.45) is 1.59. The summed E-state index contributed by atoms with van der Waals surface area (Å²) in [5.74, 6) is 1.38. The lowest BCUT2D eigenvalue weighted by Crippen LogP contribution is -2.45. The third-order valence-corrected chi connectivity index (χ3v) is 6.18. The van der Waals surface area contributed by atoms with Crippen LogP contribution in [-0.2, 0) is 14.8 Å². The number of fused-ring (bicyclic) bond motifs is 1. The molecule has 8 nitrogen and oxygen atoms in total. The topological polar surface area (TPSA) is 94.2 Å². The maximum absolute atomic E-state index is 13.0. The summed E-state index contributed by atoms with van der Waals surface area (Å²) >= 11 is 0. The molecule has 2 aromatic rings. The molecule has 0 fully saturated rings. The first-order valence-corrected chi connectivity index (χ1v) is 11.7. The molecule has 3 rings (SSSR count). The highest BCUT2D eigenvalue weighted by atomic mass is 32.2. The molecule has 9 heteroatoms. The van der Waals surface area contributed by atoms with E-state index in [1.807, 2.05) is 26.0 Å². The second kappa shape index (κ2) is 8.66. The highest BCUT2D eigenvalue weighted by molar-refractivity contribution is 7.92. The van der Waals surface area contributed by atoms with E-state index in [0.29, 0.717) is 29.4 Å². The van der Waals surface area contributed by atoms with E-state index in [0.717, 1.165) is 16.1 Å². The zero-order chi connectivity index (χ0) is 22.8. The fourth-order valence-corrected chi connectivity index (χ4v) is 4.47. The van der Waals surface area contributed by atoms with Gasteiger partial charge >= 0.3 is 0 Å². The maximum Gasteiger partial charge on any atom is 0.241 e. The van der Waals surface area contributed by atoms with Gasteiger partial charge in [-0.2, -0.15) is 0 Å². The van der Waals surface area contributed by atoms with E-state index >= 15 is 0 Å². The minimum atomic E-state index is -3.70. The first-order valence-electron chi connectivity index (χ1n) is 9.80. The Hall–Kier alpha value is -2.94. The Morgan fingerprint density at radius 2 is 1.84 bits per heavy atom. The number of benzene rings is 2. The monoisotopic (exact) mass is 448 g/mol. The molecule has 1 aliphatic rings. The summed E-state index contributed by atoms with van der Waals surface area (Å²) in [5.41, 5.74) is 0.647. The lowest BCUT2D eigenvalue weighted by molar-refractivity contribution is -0.120. The molecular weight excluding hydrogens is 420 g/mol. The third kappa shape index (κ3) is 5.41. The van der Waals surface area contributed by atoms with Gasteiger partial charge in [-0.1, -0.05) is 6.07 Å². The number of hydrogen-bond donors (Lipinski definition) is 1. The normalized spacial score (nSPS) is 17.1. The predicted octanol–water partition coefficient (Wildman–Crippen LogP) is 2.89. The Labute approximate surface area is 183 Å². The number of ether oxygens (including phenoxy) is 3. The SMILES string of the molecule is COc1cccc(N(CC(=O)N[C@H]2CC(C)(C)Oc3ccc(OC)cc32)S(C)(=O)=O)c1. The van der Waals surface area contributed by atoms with Crippen LogP contribution in [0.15, 0.2) is 42.5 Å². The molecule has 0 spiro atoms. The molecule has 0 bridgehead atoms. The van der Waals surface area contributed by atoms with E-state index in [1.54, 1.807) is 37.4 Å². The van der Waals surface area contributed by atoms with Gasteiger partial charge in [-0.3, -0.25) is 9.10 Å². The van der Waals surface area contributed by atoms with Crippen LogP contribution < -0.4 is 23.8 Å². The lowest BCUT2D eigenvalue weighted by atomic mass is 9.89. The van der Waals surface area contributed by atoms with E-state index < -0.39 is 21.5 Å². The largest absolute Gasteiger partial charge is 0.497 e. The number of methoxy groups -OCH3 is 2. The molecule has 1 heterocycles. The van der Waals surface area contributed by atoms with Crippen LogP contribution in [0.2, 0.25) is 0 Å². The molecule has 0 aliphatic carbocycles. The van der Waals surface area contributed by atoms with E-state index in [1.165, 1.54) is 7.11 Å². The third-order valence-electron chi connectivity index (χ3n) is 5.04. The second-order valence-electron chi connectivity index (χ2n) is 8.06. The number of nitrogens with zero attached hydrogens (tertiary/aromatic N) is 1. The summed E-state index contributed by atoms with van der Waals surface area (Å²) in [5, 5.41) is 2.97. The van der Waals surface area contributed by atoms with Gasteiger partial charge in [0.05, 0.1) is 32.2 Å². The van der Waals surface area contributed by atoms with Crippen LogP contribution in [0.1, 0.15) is 31.9 Å². The van der Waals surface area contributed by atoms with Gasteiger partial charge in [0, 0.05) is 18.1 Å². The summed E-state index contributed by atoms with van der Waals surface area (Å²) in [6, 6.07) is 11.7. The zero-order valence-electron chi connectivity index (χ0n) is 18.3. The Bertz CT molecular complexity index is 1070. The Kier molecular flexibility index (Phi) is 6.35. The first-order chi connectivity index (χ1) is 14.5. The quantitative estimate of drug-likeness (QED) is 0.700. The molecule has 0 saturated carbocycles. The summed E-state index contributed by atoms with van der Waals surface area (Å²) in [4.78, 5) is 13.0. The van der Waals surface area contributed by atoms with Crippen LogP contribution in [0.5, 0.6) is 17.2 Å². The van der Waals surface area contributed by atoms with E-state index in [2.05, 4.69) is 5.32 Å². The van der Waals surface area contributed by atoms with Gasteiger partial charge in [0.2, 0.25) is 15.9 Å². The zero-order valence-corrected chi connectivity index (χ0v) is 19.2. The molecular formula is C22H28N2O6S. The molecule has 1 amide bonds. The number of nitrogens with one attached hydrogen (secondary N) is 1. The van der Waals surface area contributed by atoms with Gasteiger partial charge < -0.3 is 19.5 Å². The Morgan fingerprint density at radius 3 is 2.48 bits per heavy atom. The standard InChI is InChI=1S/C22H28N2O6S/c1-22(2)13-19(18-12-17(29-4)9-10-20(18)30-22)23-21(25)14-24(31(5,26)27)15-7-6-8-16(11-15)28-3/h6-12,19H,13-14H2,1-5H3,(H,23,25)/t19-/m0/s1. The van der Waals surface area contributed by atoms with Crippen molar-refractivity contribution in [1.29, 1.82) is 0 Å². The van der Waals surface area contributed by atoms with E-state index in [-0.39, 0.29) is 12.6 Å². The highest BCUT2D eigenvalue weighted by Crippen LogP contribution is 2.41. The highest BCUT2D eigenvalue weighted by Gasteiger charge is 2.35. The van der Waals surface area contributed by atoms with Crippen molar-refractivity contribution in [1.82, 2.24) is 5.32 Å². The lowest BCUT2D eigenvalue weighted by Gasteiger charge is -2.38. The van der Waals surface area contributed by atoms with Gasteiger partial charge in [-0.15, -0.1) is 0 Å². The minimum Gasteiger partial charge on any atom is -0.497 e. The van der Waals surface area contributed by atoms with Crippen LogP contribution in [0.3, 0.4) is 0 Å². The number of carbonyl (C=O) groups excluding carboxylic acids is 1. The fourth-order valence-electron chi connectivity index (χ4n) is 3.62. The molecule has 0 saturated heterocycles. The predicted molar refractivity (Wildman–Crippen MR) is 118 cm³/mol. The molecule has 1 aliphatic heterocycles. The number of sulfonamides is 1. The van der Waals surface area contributed by atoms with Crippen molar-refractivity contribution in [3.8, 4) is 17.2 Å². The van der Waals surface area contributed by atoms with Crippen LogP contribution in [-0.4, -0.2) is 46.9 Å². The number of carbonyl (C=O) groups is 1. The van der Waals surface area contributed by atoms with Crippen LogP contribution in [0, 0.1) is 0 Å². The van der Waals surface area contributed by atoms with Crippen molar-refractivity contribution in [3.63, 3.8) is 0 Å². The molecule has 2 aromatic carbocycles. The maximum atomic E-state index is 13.0. The number of amides is 1. The van der Waals surface area contributed by atoms with Crippen LogP contribution >= 0.6 is 0 Å². The summed E-state index contributed by atoms with van der Waals surface area (Å²) < 4.78 is 42.4. The molecule has 1 N–H and O–H groups in total. The molecule has 168 valence electrons. The van der Waals surface area contributed by atoms with Crippen molar-refractivity contribution in [2.75, 3.05) is 31.3 Å². The smallest absolute Gasteiger partial charge is 0.241 e. The van der Waals surface area contributed by atoms with Crippen molar-refractivity contribution < 1.29 is 27.4 Å². The molecule has 31 heavy (non-hydrogen) atoms. The first kappa shape index (κ1) is 22.7. The fraction of sp³-hybridized carbons (Fsp3) is 0.409. The number of rotatable bonds is 7. The van der Waals surface area contributed by atoms with Gasteiger partial charge in [0.15, 0.2) is 0 Å². The van der Waals surface area contributed by atoms with Gasteiger partial charge in [0.25, 0.3) is 0 Å². The molecule has 1 atom stereocenters.